The van der Waals surface area contributed by atoms with E-state index in [1.807, 2.05) is 36.4 Å². The Balaban J connectivity index is 1.62. The molecule has 42 heavy (non-hydrogen) atoms. The molecule has 5 rings (SSSR count). The Morgan fingerprint density at radius 1 is 0.738 bits per heavy atom. The largest absolute Gasteiger partial charge is 0.396 e. The van der Waals surface area contributed by atoms with Crippen LogP contribution in [0.1, 0.15) is 0 Å². The highest BCUT2D eigenvalue weighted by molar-refractivity contribution is 6.50. The fourth-order valence-corrected chi connectivity index (χ4v) is 4.67. The third-order valence-electron chi connectivity index (χ3n) is 6.58. The number of rotatable bonds is 12. The van der Waals surface area contributed by atoms with Gasteiger partial charge in [-0.3, -0.25) is 5.41 Å². The lowest BCUT2D eigenvalue weighted by molar-refractivity contribution is 0.280. The van der Waals surface area contributed by atoms with Crippen LogP contribution in [-0.4, -0.2) is 110 Å². The zero-order valence-electron chi connectivity index (χ0n) is 22.8. The SMILES string of the molecule is N=C1C=C(N)/C(=N\c2c(N(CCO)CCO)nn3ccccc23)N/C1=N\c1c(N(CCO)CCO)nn2ccccc12. The molecule has 0 spiro atoms. The molecule has 0 saturated heterocycles. The van der Waals surface area contributed by atoms with Crippen molar-refractivity contribution < 1.29 is 20.4 Å². The monoisotopic (exact) mass is 575 g/mol. The van der Waals surface area contributed by atoms with Gasteiger partial charge in [0.25, 0.3) is 0 Å². The number of nitrogens with one attached hydrogen (secondary N) is 2. The molecule has 0 aromatic carbocycles. The van der Waals surface area contributed by atoms with Crippen molar-refractivity contribution in [2.75, 3.05) is 62.4 Å². The van der Waals surface area contributed by atoms with E-state index >= 15 is 0 Å². The summed E-state index contributed by atoms with van der Waals surface area (Å²) < 4.78 is 3.29. The van der Waals surface area contributed by atoms with E-state index < -0.39 is 0 Å². The van der Waals surface area contributed by atoms with E-state index in [0.717, 1.165) is 0 Å². The number of nitrogens with two attached hydrogens (primary N) is 1. The number of amidine groups is 2. The number of anilines is 2. The average Bonchev–Trinajstić information content (AvgIpc) is 3.54. The van der Waals surface area contributed by atoms with E-state index in [-0.39, 0.29) is 75.7 Å². The predicted octanol–water partition coefficient (Wildman–Crippen LogP) is -0.210. The summed E-state index contributed by atoms with van der Waals surface area (Å²) in [6.07, 6.45) is 4.98. The molecular weight excluding hydrogens is 542 g/mol. The Kier molecular flexibility index (Phi) is 8.73. The first kappa shape index (κ1) is 28.7. The summed E-state index contributed by atoms with van der Waals surface area (Å²) in [5.74, 6) is 1.27. The van der Waals surface area contributed by atoms with Gasteiger partial charge in [0, 0.05) is 38.6 Å². The highest BCUT2D eigenvalue weighted by Crippen LogP contribution is 2.34. The molecule has 1 aliphatic heterocycles. The van der Waals surface area contributed by atoms with Crippen LogP contribution in [0.2, 0.25) is 0 Å². The van der Waals surface area contributed by atoms with Gasteiger partial charge in [0.05, 0.1) is 48.9 Å². The number of aliphatic hydroxyl groups excluding tert-OH is 4. The first-order chi connectivity index (χ1) is 20.5. The van der Waals surface area contributed by atoms with E-state index in [9.17, 15) is 20.4 Å². The topological polar surface area (TPSA) is 209 Å². The van der Waals surface area contributed by atoms with Crippen LogP contribution in [0.3, 0.4) is 0 Å². The van der Waals surface area contributed by atoms with Gasteiger partial charge in [0.1, 0.15) is 11.4 Å². The van der Waals surface area contributed by atoms with Crippen LogP contribution in [0.4, 0.5) is 23.0 Å². The van der Waals surface area contributed by atoms with Gasteiger partial charge < -0.3 is 41.3 Å². The predicted molar refractivity (Wildman–Crippen MR) is 160 cm³/mol. The molecule has 0 saturated carbocycles. The molecule has 15 heteroatoms. The van der Waals surface area contributed by atoms with Crippen LogP contribution in [0.25, 0.3) is 11.0 Å². The van der Waals surface area contributed by atoms with Crippen molar-refractivity contribution in [2.24, 2.45) is 15.7 Å². The van der Waals surface area contributed by atoms with Crippen molar-refractivity contribution in [3.63, 3.8) is 0 Å². The minimum Gasteiger partial charge on any atom is -0.396 e. The number of fused-ring (bicyclic) bond motifs is 2. The van der Waals surface area contributed by atoms with E-state index in [1.165, 1.54) is 6.08 Å². The lowest BCUT2D eigenvalue weighted by Crippen LogP contribution is -2.42. The highest BCUT2D eigenvalue weighted by Gasteiger charge is 2.25. The molecule has 0 unspecified atom stereocenters. The molecule has 1 aliphatic rings. The average molecular weight is 576 g/mol. The van der Waals surface area contributed by atoms with E-state index in [0.29, 0.717) is 34.0 Å². The second-order valence-corrected chi connectivity index (χ2v) is 9.33. The Labute approximate surface area is 240 Å². The Morgan fingerprint density at radius 3 is 1.64 bits per heavy atom. The van der Waals surface area contributed by atoms with Crippen molar-refractivity contribution >= 4 is 51.4 Å². The normalized spacial score (nSPS) is 15.5. The maximum Gasteiger partial charge on any atom is 0.177 e. The Morgan fingerprint density at radius 2 is 1.19 bits per heavy atom. The minimum atomic E-state index is -0.153. The maximum atomic E-state index is 9.63. The summed E-state index contributed by atoms with van der Waals surface area (Å²) in [5.41, 5.74) is 8.77. The zero-order chi connectivity index (χ0) is 29.6. The first-order valence-corrected chi connectivity index (χ1v) is 13.4. The minimum absolute atomic E-state index is 0.0193. The van der Waals surface area contributed by atoms with Crippen LogP contribution >= 0.6 is 0 Å². The summed E-state index contributed by atoms with van der Waals surface area (Å²) in [7, 11) is 0. The number of aliphatic hydroxyl groups is 4. The van der Waals surface area contributed by atoms with Crippen LogP contribution in [-0.2, 0) is 0 Å². The molecule has 0 amide bonds. The molecule has 5 heterocycles. The zero-order valence-corrected chi connectivity index (χ0v) is 22.8. The molecule has 4 aromatic rings. The van der Waals surface area contributed by atoms with Gasteiger partial charge >= 0.3 is 0 Å². The van der Waals surface area contributed by atoms with E-state index in [2.05, 4.69) is 15.5 Å². The van der Waals surface area contributed by atoms with Gasteiger partial charge in [0.15, 0.2) is 23.3 Å². The number of aromatic nitrogens is 4. The fourth-order valence-electron chi connectivity index (χ4n) is 4.67. The number of nitrogens with zero attached hydrogens (tertiary/aromatic N) is 8. The molecule has 0 aliphatic carbocycles. The molecule has 4 aromatic heterocycles. The van der Waals surface area contributed by atoms with Crippen LogP contribution in [0.5, 0.6) is 0 Å². The Bertz CT molecular complexity index is 1660. The van der Waals surface area contributed by atoms with Crippen molar-refractivity contribution in [1.82, 2.24) is 24.5 Å². The van der Waals surface area contributed by atoms with Gasteiger partial charge in [-0.25, -0.2) is 19.0 Å². The second kappa shape index (κ2) is 12.8. The van der Waals surface area contributed by atoms with Crippen LogP contribution < -0.4 is 20.9 Å². The van der Waals surface area contributed by atoms with Crippen molar-refractivity contribution in [2.45, 2.75) is 0 Å². The molecule has 0 bridgehead atoms. The van der Waals surface area contributed by atoms with Crippen LogP contribution in [0.15, 0.2) is 70.5 Å². The van der Waals surface area contributed by atoms with Gasteiger partial charge in [-0.05, 0) is 30.3 Å². The molecule has 0 fully saturated rings. The van der Waals surface area contributed by atoms with E-state index in [4.69, 9.17) is 21.1 Å². The molecule has 0 atom stereocenters. The second-order valence-electron chi connectivity index (χ2n) is 9.33. The third-order valence-corrected chi connectivity index (χ3v) is 6.58. The van der Waals surface area contributed by atoms with Crippen molar-refractivity contribution in [3.05, 3.63) is 60.6 Å². The summed E-state index contributed by atoms with van der Waals surface area (Å²) in [6, 6.07) is 11.0. The summed E-state index contributed by atoms with van der Waals surface area (Å²) in [6.45, 7) is 0.305. The standard InChI is InChI=1S/C27H33N11O4/c28-18-17-19(29)25(31-23-21-6-2-4-8-38(21)34-27(23)36(11-15-41)12-16-42)32-24(18)30-22-20-5-1-3-7-37(20)33-26(22)35(9-13-39)10-14-40/h1-8,17,28,39-42H,9-16,29H2,(H,30,31,32). The lowest BCUT2D eigenvalue weighted by Gasteiger charge is -2.22. The summed E-state index contributed by atoms with van der Waals surface area (Å²) in [5, 5.41) is 59.5. The maximum absolute atomic E-state index is 9.63. The van der Waals surface area contributed by atoms with Crippen molar-refractivity contribution in [3.8, 4) is 0 Å². The van der Waals surface area contributed by atoms with Crippen LogP contribution in [0, 0.1) is 5.41 Å². The van der Waals surface area contributed by atoms with Gasteiger partial charge in [-0.2, -0.15) is 0 Å². The quantitative estimate of drug-likeness (QED) is 0.118. The van der Waals surface area contributed by atoms with Gasteiger partial charge in [-0.1, -0.05) is 12.1 Å². The molecular formula is C27H33N11O4. The molecule has 220 valence electrons. The number of hydrogen-bond donors (Lipinski definition) is 7. The fraction of sp³-hybridized carbons (Fsp3) is 0.296. The number of aliphatic imine (C=N–C) groups is 2. The smallest absolute Gasteiger partial charge is 0.177 e. The number of hydrogen-bond acceptors (Lipinski definition) is 12. The molecule has 8 N–H and O–H groups in total. The lowest BCUT2D eigenvalue weighted by atomic mass is 10.2. The third kappa shape index (κ3) is 5.66. The molecule has 0 radical (unpaired) electrons. The number of pyridine rings is 2. The van der Waals surface area contributed by atoms with Gasteiger partial charge in [-0.15, -0.1) is 10.2 Å². The Hall–Kier alpha value is -4.83. The summed E-state index contributed by atoms with van der Waals surface area (Å²) in [4.78, 5) is 13.0. The summed E-state index contributed by atoms with van der Waals surface area (Å²) >= 11 is 0. The van der Waals surface area contributed by atoms with Crippen molar-refractivity contribution in [1.29, 1.82) is 5.41 Å². The van der Waals surface area contributed by atoms with E-state index in [1.54, 1.807) is 31.2 Å². The first-order valence-electron chi connectivity index (χ1n) is 13.4. The van der Waals surface area contributed by atoms with Gasteiger partial charge in [0.2, 0.25) is 0 Å². The molecule has 15 nitrogen and oxygen atoms in total. The highest BCUT2D eigenvalue weighted by atomic mass is 16.3.